The van der Waals surface area contributed by atoms with Gasteiger partial charge in [0.05, 0.1) is 6.04 Å². The molecule has 0 saturated heterocycles. The van der Waals surface area contributed by atoms with Crippen LogP contribution in [0.4, 0.5) is 0 Å². The molecule has 0 amide bonds. The van der Waals surface area contributed by atoms with Crippen molar-refractivity contribution in [3.05, 3.63) is 35.9 Å². The number of hydrogen-bond acceptors (Lipinski definition) is 2. The predicted molar refractivity (Wildman–Crippen MR) is 64.7 cm³/mol. The molecule has 84 valence electrons. The van der Waals surface area contributed by atoms with Gasteiger partial charge in [-0.3, -0.25) is 0 Å². The second kappa shape index (κ2) is 4.28. The molecule has 0 unspecified atom stereocenters. The molecule has 2 nitrogen and oxygen atoms in total. The molecule has 1 aliphatic carbocycles. The van der Waals surface area contributed by atoms with Gasteiger partial charge in [-0.1, -0.05) is 31.0 Å². The Kier molecular flexibility index (Phi) is 2.65. The van der Waals surface area contributed by atoms with Crippen molar-refractivity contribution in [1.29, 1.82) is 0 Å². The molecule has 0 N–H and O–H groups in total. The molecule has 1 heterocycles. The van der Waals surface area contributed by atoms with Crippen molar-refractivity contribution in [1.82, 2.24) is 0 Å². The lowest BCUT2D eigenvalue weighted by molar-refractivity contribution is 0.184. The van der Waals surface area contributed by atoms with E-state index >= 15 is 0 Å². The maximum absolute atomic E-state index is 5.98. The molecular formula is C14H17NO. The van der Waals surface area contributed by atoms with Crippen molar-refractivity contribution < 1.29 is 4.74 Å². The lowest BCUT2D eigenvalue weighted by Crippen LogP contribution is -2.20. The van der Waals surface area contributed by atoms with Gasteiger partial charge in [-0.25, -0.2) is 4.99 Å². The van der Waals surface area contributed by atoms with E-state index in [9.17, 15) is 0 Å². The molecule has 3 rings (SSSR count). The van der Waals surface area contributed by atoms with Crippen molar-refractivity contribution in [2.45, 2.75) is 44.2 Å². The van der Waals surface area contributed by atoms with Gasteiger partial charge in [-0.2, -0.15) is 0 Å². The van der Waals surface area contributed by atoms with Crippen LogP contribution >= 0.6 is 0 Å². The monoisotopic (exact) mass is 215 g/mol. The fourth-order valence-corrected chi connectivity index (χ4v) is 2.59. The summed E-state index contributed by atoms with van der Waals surface area (Å²) in [5.41, 5.74) is 1.12. The van der Waals surface area contributed by atoms with E-state index in [0.29, 0.717) is 12.1 Å². The van der Waals surface area contributed by atoms with E-state index in [4.69, 9.17) is 9.73 Å². The van der Waals surface area contributed by atoms with Gasteiger partial charge < -0.3 is 4.74 Å². The van der Waals surface area contributed by atoms with Crippen LogP contribution in [0.1, 0.15) is 37.7 Å². The lowest BCUT2D eigenvalue weighted by Gasteiger charge is -2.13. The number of aliphatic imine (C=N–C) groups is 1. The zero-order chi connectivity index (χ0) is 10.8. The van der Waals surface area contributed by atoms with Crippen molar-refractivity contribution in [3.63, 3.8) is 0 Å². The quantitative estimate of drug-likeness (QED) is 0.705. The number of nitrogens with zero attached hydrogens (tertiary/aromatic N) is 1. The maximum atomic E-state index is 5.98. The highest BCUT2D eigenvalue weighted by Gasteiger charge is 2.31. The van der Waals surface area contributed by atoms with Crippen LogP contribution in [-0.4, -0.2) is 18.0 Å². The first kappa shape index (κ1) is 9.88. The van der Waals surface area contributed by atoms with Crippen LogP contribution in [0.15, 0.2) is 35.3 Å². The highest BCUT2D eigenvalue weighted by molar-refractivity contribution is 5.95. The highest BCUT2D eigenvalue weighted by atomic mass is 16.5. The van der Waals surface area contributed by atoms with Gasteiger partial charge in [0.2, 0.25) is 5.90 Å². The molecule has 2 aliphatic rings. The first-order valence-corrected chi connectivity index (χ1v) is 6.23. The second-order valence-corrected chi connectivity index (χ2v) is 4.66. The minimum absolute atomic E-state index is 0.345. The van der Waals surface area contributed by atoms with Gasteiger partial charge in [-0.15, -0.1) is 0 Å². The minimum atomic E-state index is 0.345. The smallest absolute Gasteiger partial charge is 0.216 e. The average molecular weight is 215 g/mol. The summed E-state index contributed by atoms with van der Waals surface area (Å²) in [5.74, 6) is 0.859. The van der Waals surface area contributed by atoms with Crippen LogP contribution in [0, 0.1) is 0 Å². The molecule has 1 aromatic rings. The van der Waals surface area contributed by atoms with Gasteiger partial charge in [0.25, 0.3) is 0 Å². The zero-order valence-corrected chi connectivity index (χ0v) is 9.43. The largest absolute Gasteiger partial charge is 0.472 e. The van der Waals surface area contributed by atoms with Gasteiger partial charge >= 0.3 is 0 Å². The Morgan fingerprint density at radius 1 is 1.00 bits per heavy atom. The van der Waals surface area contributed by atoms with E-state index in [-0.39, 0.29) is 0 Å². The maximum Gasteiger partial charge on any atom is 0.216 e. The summed E-state index contributed by atoms with van der Waals surface area (Å²) in [6, 6.07) is 10.7. The Balaban J connectivity index is 1.82. The van der Waals surface area contributed by atoms with Gasteiger partial charge in [0.15, 0.2) is 0 Å². The van der Waals surface area contributed by atoms with E-state index in [2.05, 4.69) is 12.1 Å². The second-order valence-electron chi connectivity index (χ2n) is 4.66. The number of benzene rings is 1. The Labute approximate surface area is 96.3 Å². The van der Waals surface area contributed by atoms with Crippen LogP contribution in [0.3, 0.4) is 0 Å². The number of rotatable bonds is 1. The SMILES string of the molecule is c1ccc(C2=N[C@@H]3CCCCC[C@@H]3O2)cc1. The molecule has 2 heteroatoms. The van der Waals surface area contributed by atoms with Crippen LogP contribution < -0.4 is 0 Å². The molecule has 0 aromatic heterocycles. The predicted octanol–water partition coefficient (Wildman–Crippen LogP) is 3.16. The molecule has 16 heavy (non-hydrogen) atoms. The summed E-state index contributed by atoms with van der Waals surface area (Å²) in [4.78, 5) is 4.73. The molecule has 1 aromatic carbocycles. The van der Waals surface area contributed by atoms with Crippen LogP contribution in [0.2, 0.25) is 0 Å². The fourth-order valence-electron chi connectivity index (χ4n) is 2.59. The minimum Gasteiger partial charge on any atom is -0.472 e. The summed E-state index contributed by atoms with van der Waals surface area (Å²) in [6.45, 7) is 0. The Morgan fingerprint density at radius 2 is 1.81 bits per heavy atom. The topological polar surface area (TPSA) is 21.6 Å². The van der Waals surface area contributed by atoms with E-state index < -0.39 is 0 Å². The Morgan fingerprint density at radius 3 is 2.69 bits per heavy atom. The van der Waals surface area contributed by atoms with Crippen LogP contribution in [0.25, 0.3) is 0 Å². The number of fused-ring (bicyclic) bond motifs is 1. The molecule has 0 bridgehead atoms. The first-order valence-electron chi connectivity index (χ1n) is 6.23. The third-order valence-electron chi connectivity index (χ3n) is 3.48. The summed E-state index contributed by atoms with van der Waals surface area (Å²) in [5, 5.41) is 0. The van der Waals surface area contributed by atoms with Gasteiger partial charge in [0.1, 0.15) is 6.10 Å². The van der Waals surface area contributed by atoms with Crippen LogP contribution in [0.5, 0.6) is 0 Å². The zero-order valence-electron chi connectivity index (χ0n) is 9.43. The molecule has 1 fully saturated rings. The van der Waals surface area contributed by atoms with Crippen LogP contribution in [-0.2, 0) is 4.74 Å². The van der Waals surface area contributed by atoms with Gasteiger partial charge in [-0.05, 0) is 31.4 Å². The fraction of sp³-hybridized carbons (Fsp3) is 0.500. The third-order valence-corrected chi connectivity index (χ3v) is 3.48. The Hall–Kier alpha value is -1.31. The first-order chi connectivity index (χ1) is 7.93. The average Bonchev–Trinajstić information content (AvgIpc) is 2.62. The number of hydrogen-bond donors (Lipinski definition) is 0. The molecular weight excluding hydrogens is 198 g/mol. The highest BCUT2D eigenvalue weighted by Crippen LogP contribution is 2.29. The lowest BCUT2D eigenvalue weighted by atomic mass is 10.1. The van der Waals surface area contributed by atoms with E-state index in [1.807, 2.05) is 18.2 Å². The van der Waals surface area contributed by atoms with E-state index in [1.165, 1.54) is 32.1 Å². The molecule has 1 aliphatic heterocycles. The number of ether oxygens (including phenoxy) is 1. The van der Waals surface area contributed by atoms with Gasteiger partial charge in [0, 0.05) is 5.56 Å². The van der Waals surface area contributed by atoms with Crippen molar-refractivity contribution in [2.75, 3.05) is 0 Å². The summed E-state index contributed by atoms with van der Waals surface area (Å²) in [6.07, 6.45) is 6.64. The Bertz CT molecular complexity index is 385. The summed E-state index contributed by atoms with van der Waals surface area (Å²) < 4.78 is 5.98. The normalized spacial score (nSPS) is 28.9. The summed E-state index contributed by atoms with van der Waals surface area (Å²) in [7, 11) is 0. The van der Waals surface area contributed by atoms with E-state index in [1.54, 1.807) is 0 Å². The molecule has 2 atom stereocenters. The van der Waals surface area contributed by atoms with Crippen molar-refractivity contribution in [2.24, 2.45) is 4.99 Å². The standard InChI is InChI=1S/C14H17NO/c1-3-7-11(8-4-1)14-15-12-9-5-2-6-10-13(12)16-14/h1,3-4,7-8,12-13H,2,5-6,9-10H2/t12-,13+/m1/s1. The molecule has 1 saturated carbocycles. The van der Waals surface area contributed by atoms with Crippen molar-refractivity contribution >= 4 is 5.90 Å². The van der Waals surface area contributed by atoms with Crippen molar-refractivity contribution in [3.8, 4) is 0 Å². The molecule has 0 radical (unpaired) electrons. The molecule has 0 spiro atoms. The summed E-state index contributed by atoms with van der Waals surface area (Å²) >= 11 is 0. The van der Waals surface area contributed by atoms with E-state index in [0.717, 1.165) is 11.5 Å². The third kappa shape index (κ3) is 1.84.